The van der Waals surface area contributed by atoms with Gasteiger partial charge in [0, 0.05) is 6.42 Å². The molecule has 0 N–H and O–H groups in total. The van der Waals surface area contributed by atoms with E-state index in [0.717, 1.165) is 74.0 Å². The summed E-state index contributed by atoms with van der Waals surface area (Å²) in [4.78, 5) is 12.2. The standard InChI is InChI=1S/C33H56O3/c1-7-8-9-21-35-31(34)36-26-17-19-32(5)25(22-26)13-14-27-29-16-15-28(24(4)12-10-11-23(2)3)33(29,6)20-18-30(27)32/h13,23-24,26-30H,7-12,14-22H2,1-6H3/t24-,26+,27+,28-,29+,30+,32+,33-/m1/s1. The summed E-state index contributed by atoms with van der Waals surface area (Å²) in [5.74, 6) is 5.19. The fraction of sp³-hybridized carbons (Fsp3) is 0.909. The van der Waals surface area contributed by atoms with E-state index in [1.54, 1.807) is 5.57 Å². The van der Waals surface area contributed by atoms with Crippen molar-refractivity contribution in [2.75, 3.05) is 6.61 Å². The summed E-state index contributed by atoms with van der Waals surface area (Å²) in [5.41, 5.74) is 2.43. The zero-order valence-electron chi connectivity index (χ0n) is 24.5. The lowest BCUT2D eigenvalue weighted by molar-refractivity contribution is -0.0617. The van der Waals surface area contributed by atoms with Crippen molar-refractivity contribution in [3.63, 3.8) is 0 Å². The maximum Gasteiger partial charge on any atom is 0.508 e. The van der Waals surface area contributed by atoms with E-state index in [2.05, 4.69) is 47.6 Å². The van der Waals surface area contributed by atoms with Crippen LogP contribution in [0.15, 0.2) is 11.6 Å². The van der Waals surface area contributed by atoms with Crippen molar-refractivity contribution in [2.24, 2.45) is 46.3 Å². The zero-order chi connectivity index (χ0) is 25.9. The molecule has 4 aliphatic rings. The first-order valence-corrected chi connectivity index (χ1v) is 15.7. The Bertz CT molecular complexity index is 771. The van der Waals surface area contributed by atoms with Crippen LogP contribution in [0.5, 0.6) is 0 Å². The van der Waals surface area contributed by atoms with Crippen LogP contribution in [0.4, 0.5) is 4.79 Å². The number of rotatable bonds is 10. The third kappa shape index (κ3) is 5.70. The third-order valence-electron chi connectivity index (χ3n) is 11.5. The van der Waals surface area contributed by atoms with Gasteiger partial charge in [0.2, 0.25) is 0 Å². The lowest BCUT2D eigenvalue weighted by Crippen LogP contribution is -2.51. The SMILES string of the molecule is CCCCCOC(=O)O[C@H]1CC[C@@]2(C)C(=CC[C@H]3[C@@H]4CC[C@H]([C@H](C)CCCC(C)C)[C@@]4(C)CC[C@@H]32)C1. The van der Waals surface area contributed by atoms with Crippen LogP contribution in [0.2, 0.25) is 0 Å². The Morgan fingerprint density at radius 1 is 1.00 bits per heavy atom. The smallest absolute Gasteiger partial charge is 0.434 e. The second-order valence-corrected chi connectivity index (χ2v) is 14.1. The molecule has 0 aliphatic heterocycles. The molecule has 3 fully saturated rings. The highest BCUT2D eigenvalue weighted by Crippen LogP contribution is 2.67. The van der Waals surface area contributed by atoms with Gasteiger partial charge in [0.1, 0.15) is 6.10 Å². The number of carbonyl (C=O) groups is 1. The van der Waals surface area contributed by atoms with Crippen molar-refractivity contribution in [3.8, 4) is 0 Å². The molecule has 0 aromatic heterocycles. The minimum atomic E-state index is -0.457. The van der Waals surface area contributed by atoms with Crippen molar-refractivity contribution < 1.29 is 14.3 Å². The van der Waals surface area contributed by atoms with E-state index in [1.165, 1.54) is 51.4 Å². The van der Waals surface area contributed by atoms with E-state index in [4.69, 9.17) is 9.47 Å². The fourth-order valence-electron chi connectivity index (χ4n) is 9.43. The molecule has 3 heteroatoms. The van der Waals surface area contributed by atoms with Gasteiger partial charge >= 0.3 is 6.16 Å². The van der Waals surface area contributed by atoms with Crippen molar-refractivity contribution >= 4 is 6.16 Å². The van der Waals surface area contributed by atoms with Crippen LogP contribution >= 0.6 is 0 Å². The first-order valence-electron chi connectivity index (χ1n) is 15.7. The van der Waals surface area contributed by atoms with Crippen molar-refractivity contribution in [3.05, 3.63) is 11.6 Å². The highest BCUT2D eigenvalue weighted by Gasteiger charge is 2.59. The van der Waals surface area contributed by atoms with E-state index in [-0.39, 0.29) is 6.10 Å². The molecule has 36 heavy (non-hydrogen) atoms. The number of allylic oxidation sites excluding steroid dienone is 1. The monoisotopic (exact) mass is 500 g/mol. The summed E-state index contributed by atoms with van der Waals surface area (Å²) >= 11 is 0. The number of hydrogen-bond donors (Lipinski definition) is 0. The molecule has 0 aromatic carbocycles. The summed E-state index contributed by atoms with van der Waals surface area (Å²) < 4.78 is 11.1. The summed E-state index contributed by atoms with van der Waals surface area (Å²) in [6, 6.07) is 0. The molecule has 0 saturated heterocycles. The second-order valence-electron chi connectivity index (χ2n) is 14.1. The van der Waals surface area contributed by atoms with Gasteiger partial charge in [0.15, 0.2) is 0 Å². The Hall–Kier alpha value is -0.990. The molecule has 4 rings (SSSR count). The average molecular weight is 501 g/mol. The van der Waals surface area contributed by atoms with E-state index in [0.29, 0.717) is 17.4 Å². The van der Waals surface area contributed by atoms with E-state index in [9.17, 15) is 4.79 Å². The Labute approximate surface area is 222 Å². The third-order valence-corrected chi connectivity index (χ3v) is 11.5. The van der Waals surface area contributed by atoms with Crippen LogP contribution in [0.25, 0.3) is 0 Å². The summed E-state index contributed by atoms with van der Waals surface area (Å²) in [5, 5.41) is 0. The largest absolute Gasteiger partial charge is 0.508 e. The van der Waals surface area contributed by atoms with Crippen LogP contribution in [-0.4, -0.2) is 18.9 Å². The molecule has 0 bridgehead atoms. The summed E-state index contributed by atoms with van der Waals surface area (Å²) in [6.45, 7) is 15.2. The minimum Gasteiger partial charge on any atom is -0.434 e. The minimum absolute atomic E-state index is 0.00374. The topological polar surface area (TPSA) is 35.5 Å². The predicted molar refractivity (Wildman–Crippen MR) is 149 cm³/mol. The number of ether oxygens (including phenoxy) is 2. The molecule has 8 atom stereocenters. The molecule has 0 amide bonds. The van der Waals surface area contributed by atoms with Gasteiger partial charge in [-0.25, -0.2) is 4.79 Å². The quantitative estimate of drug-likeness (QED) is 0.170. The molecule has 206 valence electrons. The van der Waals surface area contributed by atoms with E-state index >= 15 is 0 Å². The normalized spacial score (nSPS) is 38.5. The lowest BCUT2D eigenvalue weighted by atomic mass is 9.47. The molecule has 0 unspecified atom stereocenters. The Morgan fingerprint density at radius 3 is 2.56 bits per heavy atom. The van der Waals surface area contributed by atoms with Crippen LogP contribution in [-0.2, 0) is 9.47 Å². The first-order chi connectivity index (χ1) is 17.2. The first kappa shape index (κ1) is 28.0. The highest BCUT2D eigenvalue weighted by atomic mass is 16.7. The molecule has 4 aliphatic carbocycles. The molecular formula is C33H56O3. The Balaban J connectivity index is 1.36. The highest BCUT2D eigenvalue weighted by molar-refractivity contribution is 5.60. The Morgan fingerprint density at radius 2 is 1.81 bits per heavy atom. The average Bonchev–Trinajstić information content (AvgIpc) is 3.19. The van der Waals surface area contributed by atoms with Crippen LogP contribution in [0.3, 0.4) is 0 Å². The van der Waals surface area contributed by atoms with Crippen molar-refractivity contribution in [1.82, 2.24) is 0 Å². The summed E-state index contributed by atoms with van der Waals surface area (Å²) in [6.07, 6.45) is 19.5. The van der Waals surface area contributed by atoms with Gasteiger partial charge in [0.25, 0.3) is 0 Å². The molecule has 0 radical (unpaired) electrons. The van der Waals surface area contributed by atoms with Crippen molar-refractivity contribution in [2.45, 2.75) is 138 Å². The number of carbonyl (C=O) groups excluding carboxylic acids is 1. The van der Waals surface area contributed by atoms with Gasteiger partial charge in [-0.15, -0.1) is 0 Å². The maximum absolute atomic E-state index is 12.2. The van der Waals surface area contributed by atoms with Gasteiger partial charge in [-0.05, 0) is 97.7 Å². The van der Waals surface area contributed by atoms with Crippen LogP contribution in [0, 0.1) is 46.3 Å². The fourth-order valence-corrected chi connectivity index (χ4v) is 9.43. The Kier molecular flexibility index (Phi) is 9.20. The zero-order valence-corrected chi connectivity index (χ0v) is 24.5. The second kappa shape index (κ2) is 11.8. The molecule has 3 nitrogen and oxygen atoms in total. The molecule has 3 saturated carbocycles. The van der Waals surface area contributed by atoms with Gasteiger partial charge in [-0.3, -0.25) is 0 Å². The maximum atomic E-state index is 12.2. The van der Waals surface area contributed by atoms with Crippen LogP contribution < -0.4 is 0 Å². The molecule has 0 heterocycles. The van der Waals surface area contributed by atoms with E-state index < -0.39 is 6.16 Å². The van der Waals surface area contributed by atoms with Gasteiger partial charge in [-0.2, -0.15) is 0 Å². The molecule has 0 aromatic rings. The summed E-state index contributed by atoms with van der Waals surface area (Å²) in [7, 11) is 0. The number of fused-ring (bicyclic) bond motifs is 5. The number of hydrogen-bond acceptors (Lipinski definition) is 3. The predicted octanol–water partition coefficient (Wildman–Crippen LogP) is 9.74. The number of unbranched alkanes of at least 4 members (excludes halogenated alkanes) is 2. The van der Waals surface area contributed by atoms with E-state index in [1.807, 2.05) is 0 Å². The molecular weight excluding hydrogens is 444 g/mol. The van der Waals surface area contributed by atoms with Gasteiger partial charge in [0.05, 0.1) is 6.61 Å². The molecule has 0 spiro atoms. The lowest BCUT2D eigenvalue weighted by Gasteiger charge is -2.58. The van der Waals surface area contributed by atoms with Crippen molar-refractivity contribution in [1.29, 1.82) is 0 Å². The van der Waals surface area contributed by atoms with Crippen LogP contribution in [0.1, 0.15) is 131 Å². The van der Waals surface area contributed by atoms with Gasteiger partial charge in [-0.1, -0.05) is 85.3 Å². The van der Waals surface area contributed by atoms with Gasteiger partial charge < -0.3 is 9.47 Å².